The molecule has 0 spiro atoms. The molecular formula is C10H22NV. The molecule has 0 radical (unpaired) electrons. The van der Waals surface area contributed by atoms with Gasteiger partial charge in [-0.2, -0.15) is 0 Å². The van der Waals surface area contributed by atoms with Crippen molar-refractivity contribution in [1.82, 2.24) is 4.17 Å². The minimum absolute atomic E-state index is 1.16. The Morgan fingerprint density at radius 2 is 1.33 bits per heavy atom. The third-order valence-electron chi connectivity index (χ3n) is 2.14. The van der Waals surface area contributed by atoms with E-state index >= 15 is 0 Å². The van der Waals surface area contributed by atoms with E-state index in [0.29, 0.717) is 0 Å². The van der Waals surface area contributed by atoms with Crippen LogP contribution in [0.5, 0.6) is 0 Å². The molecule has 0 aromatic rings. The number of rotatable bonds is 9. The first-order chi connectivity index (χ1) is 5.91. The second-order valence-electron chi connectivity index (χ2n) is 3.38. The Bertz CT molecular complexity index is 66.2. The van der Waals surface area contributed by atoms with Crippen molar-refractivity contribution in [3.63, 3.8) is 0 Å². The number of unbranched alkanes of at least 4 members (excludes halogenated alkanes) is 7. The zero-order valence-electron chi connectivity index (χ0n) is 8.31. The fraction of sp³-hybridized carbons (Fsp3) is 1.00. The van der Waals surface area contributed by atoms with E-state index in [0.717, 1.165) is 6.54 Å². The van der Waals surface area contributed by atoms with Gasteiger partial charge in [-0.05, 0) is 0 Å². The molecule has 0 heterocycles. The van der Waals surface area contributed by atoms with E-state index in [9.17, 15) is 0 Å². The van der Waals surface area contributed by atoms with Crippen molar-refractivity contribution in [3.05, 3.63) is 0 Å². The van der Waals surface area contributed by atoms with Crippen molar-refractivity contribution < 1.29 is 17.7 Å². The van der Waals surface area contributed by atoms with Crippen LogP contribution in [-0.4, -0.2) is 6.54 Å². The predicted octanol–water partition coefficient (Wildman–Crippen LogP) is 3.18. The fourth-order valence-corrected chi connectivity index (χ4v) is 1.58. The fourth-order valence-electron chi connectivity index (χ4n) is 1.34. The summed E-state index contributed by atoms with van der Waals surface area (Å²) >= 11 is 2.42. The Morgan fingerprint density at radius 3 is 1.83 bits per heavy atom. The van der Waals surface area contributed by atoms with E-state index in [1.165, 1.54) is 51.4 Å². The molecule has 0 aliphatic rings. The minimum atomic E-state index is 1.16. The van der Waals surface area contributed by atoms with E-state index in [2.05, 4.69) is 28.7 Å². The first-order valence-corrected chi connectivity index (χ1v) is 5.98. The van der Waals surface area contributed by atoms with Crippen molar-refractivity contribution in [2.24, 2.45) is 0 Å². The molecule has 0 aliphatic carbocycles. The molecule has 0 aliphatic heterocycles. The maximum atomic E-state index is 3.12. The second-order valence-corrected chi connectivity index (χ2v) is 3.88. The second kappa shape index (κ2) is 11.5. The van der Waals surface area contributed by atoms with Gasteiger partial charge in [0.1, 0.15) is 0 Å². The molecule has 72 valence electrons. The molecule has 2 heteroatoms. The molecule has 1 nitrogen and oxygen atoms in total. The van der Waals surface area contributed by atoms with Gasteiger partial charge >= 0.3 is 86.7 Å². The number of hydrogen-bond acceptors (Lipinski definition) is 1. The van der Waals surface area contributed by atoms with E-state index in [1.807, 2.05) is 0 Å². The SMILES string of the molecule is CCCCCCCCCC[NH][V]. The molecular weight excluding hydrogens is 185 g/mol. The third-order valence-corrected chi connectivity index (χ3v) is 2.49. The third kappa shape index (κ3) is 10.5. The quantitative estimate of drug-likeness (QED) is 0.572. The molecule has 0 amide bonds. The summed E-state index contributed by atoms with van der Waals surface area (Å²) in [6.45, 7) is 3.43. The van der Waals surface area contributed by atoms with Crippen LogP contribution in [-0.2, 0) is 17.7 Å². The van der Waals surface area contributed by atoms with Crippen LogP contribution in [0.15, 0.2) is 0 Å². The Hall–Kier alpha value is 0.544. The topological polar surface area (TPSA) is 12.0 Å². The van der Waals surface area contributed by atoms with Gasteiger partial charge in [-0.3, -0.25) is 0 Å². The van der Waals surface area contributed by atoms with E-state index in [1.54, 1.807) is 0 Å². The Labute approximate surface area is 86.9 Å². The van der Waals surface area contributed by atoms with Gasteiger partial charge in [-0.25, -0.2) is 0 Å². The Morgan fingerprint density at radius 1 is 0.833 bits per heavy atom. The molecule has 0 unspecified atom stereocenters. The summed E-state index contributed by atoms with van der Waals surface area (Å²) in [6, 6.07) is 0. The van der Waals surface area contributed by atoms with E-state index < -0.39 is 0 Å². The maximum absolute atomic E-state index is 3.12. The van der Waals surface area contributed by atoms with Crippen LogP contribution >= 0.6 is 0 Å². The van der Waals surface area contributed by atoms with Crippen LogP contribution in [0.3, 0.4) is 0 Å². The van der Waals surface area contributed by atoms with Gasteiger partial charge in [0.2, 0.25) is 0 Å². The van der Waals surface area contributed by atoms with Crippen LogP contribution in [0.2, 0.25) is 0 Å². The van der Waals surface area contributed by atoms with Gasteiger partial charge in [-0.15, -0.1) is 0 Å². The monoisotopic (exact) mass is 207 g/mol. The molecule has 0 saturated heterocycles. The summed E-state index contributed by atoms with van der Waals surface area (Å²) in [6.07, 6.45) is 11.3. The van der Waals surface area contributed by atoms with Crippen LogP contribution in [0, 0.1) is 0 Å². The van der Waals surface area contributed by atoms with Crippen LogP contribution in [0.4, 0.5) is 0 Å². The zero-order valence-corrected chi connectivity index (χ0v) is 9.71. The first kappa shape index (κ1) is 12.5. The van der Waals surface area contributed by atoms with Crippen LogP contribution < -0.4 is 4.17 Å². The Kier molecular flexibility index (Phi) is 12.1. The predicted molar refractivity (Wildman–Crippen MR) is 50.6 cm³/mol. The van der Waals surface area contributed by atoms with Gasteiger partial charge in [0.15, 0.2) is 0 Å². The van der Waals surface area contributed by atoms with Crippen LogP contribution in [0.1, 0.15) is 58.3 Å². The van der Waals surface area contributed by atoms with Gasteiger partial charge in [0.05, 0.1) is 0 Å². The van der Waals surface area contributed by atoms with Gasteiger partial charge in [0, 0.05) is 0 Å². The molecule has 0 saturated carbocycles. The van der Waals surface area contributed by atoms with Gasteiger partial charge in [-0.1, -0.05) is 0 Å². The molecule has 12 heavy (non-hydrogen) atoms. The molecule has 0 rings (SSSR count). The molecule has 0 atom stereocenters. The van der Waals surface area contributed by atoms with Crippen molar-refractivity contribution in [1.29, 1.82) is 0 Å². The summed E-state index contributed by atoms with van der Waals surface area (Å²) in [5.41, 5.74) is 0. The summed E-state index contributed by atoms with van der Waals surface area (Å²) in [4.78, 5) is 0. The molecule has 1 N–H and O–H groups in total. The zero-order chi connectivity index (χ0) is 9.07. The van der Waals surface area contributed by atoms with Gasteiger partial charge in [0.25, 0.3) is 0 Å². The first-order valence-electron chi connectivity index (χ1n) is 5.28. The summed E-state index contributed by atoms with van der Waals surface area (Å²) in [5, 5.41) is 0. The number of nitrogens with one attached hydrogen (secondary N) is 1. The average Bonchev–Trinajstić information content (AvgIpc) is 2.10. The molecule has 0 aromatic heterocycles. The van der Waals surface area contributed by atoms with E-state index in [-0.39, 0.29) is 0 Å². The van der Waals surface area contributed by atoms with Crippen molar-refractivity contribution in [2.75, 3.05) is 6.54 Å². The average molecular weight is 207 g/mol. The van der Waals surface area contributed by atoms with Crippen LogP contribution in [0.25, 0.3) is 0 Å². The Balaban J connectivity index is 2.73. The molecule has 0 aromatic carbocycles. The number of hydrogen-bond donors (Lipinski definition) is 1. The standard InChI is InChI=1S/C10H22N.V/c1-2-3-4-5-6-7-8-9-10-11;/h11H,2-10H2,1H3;/q-1;+1. The summed E-state index contributed by atoms with van der Waals surface area (Å²) < 4.78 is 3.12. The summed E-state index contributed by atoms with van der Waals surface area (Å²) in [7, 11) is 0. The normalized spacial score (nSPS) is 10.4. The molecule has 0 bridgehead atoms. The van der Waals surface area contributed by atoms with Crippen molar-refractivity contribution in [3.8, 4) is 0 Å². The van der Waals surface area contributed by atoms with Crippen molar-refractivity contribution >= 4 is 0 Å². The van der Waals surface area contributed by atoms with Gasteiger partial charge < -0.3 is 0 Å². The summed E-state index contributed by atoms with van der Waals surface area (Å²) in [5.74, 6) is 0. The molecule has 0 fully saturated rings. The van der Waals surface area contributed by atoms with Crippen molar-refractivity contribution in [2.45, 2.75) is 58.3 Å². The van der Waals surface area contributed by atoms with E-state index in [4.69, 9.17) is 0 Å².